The molecule has 0 spiro atoms. The van der Waals surface area contributed by atoms with Crippen LogP contribution in [0.5, 0.6) is 0 Å². The van der Waals surface area contributed by atoms with E-state index in [0.29, 0.717) is 0 Å². The average molecular weight is 243 g/mol. The van der Waals surface area contributed by atoms with Crippen molar-refractivity contribution in [1.29, 1.82) is 0 Å². The van der Waals surface area contributed by atoms with Crippen LogP contribution in [0.15, 0.2) is 30.6 Å². The van der Waals surface area contributed by atoms with E-state index < -0.39 is 0 Å². The molecule has 3 rings (SSSR count). The summed E-state index contributed by atoms with van der Waals surface area (Å²) in [6.45, 7) is 2.06. The van der Waals surface area contributed by atoms with Gasteiger partial charge >= 0.3 is 0 Å². The number of para-hydroxylation sites is 2. The van der Waals surface area contributed by atoms with Gasteiger partial charge in [-0.25, -0.2) is 4.98 Å². The van der Waals surface area contributed by atoms with E-state index in [1.807, 2.05) is 12.4 Å². The van der Waals surface area contributed by atoms with Gasteiger partial charge in [-0.3, -0.25) is 0 Å². The third kappa shape index (κ3) is 2.56. The zero-order valence-electron chi connectivity index (χ0n) is 10.8. The van der Waals surface area contributed by atoms with Gasteiger partial charge in [0.1, 0.15) is 0 Å². The van der Waals surface area contributed by atoms with Crippen LogP contribution in [0.25, 0.3) is 11.0 Å². The molecule has 1 aromatic carbocycles. The van der Waals surface area contributed by atoms with Crippen LogP contribution in [0, 0.1) is 0 Å². The molecule has 18 heavy (non-hydrogen) atoms. The van der Waals surface area contributed by atoms with E-state index >= 15 is 0 Å². The molecule has 0 atom stereocenters. The summed E-state index contributed by atoms with van der Waals surface area (Å²) in [5, 5.41) is 3.68. The van der Waals surface area contributed by atoms with Gasteiger partial charge in [-0.15, -0.1) is 0 Å². The zero-order valence-corrected chi connectivity index (χ0v) is 10.8. The van der Waals surface area contributed by atoms with Gasteiger partial charge < -0.3 is 9.88 Å². The minimum absolute atomic E-state index is 0.744. The minimum atomic E-state index is 0.744. The predicted molar refractivity (Wildman–Crippen MR) is 74.6 cm³/mol. The molecular formula is C15H21N3. The van der Waals surface area contributed by atoms with Crippen molar-refractivity contribution in [3.8, 4) is 0 Å². The van der Waals surface area contributed by atoms with Crippen molar-refractivity contribution in [2.45, 2.75) is 44.7 Å². The highest BCUT2D eigenvalue weighted by Gasteiger charge is 2.12. The van der Waals surface area contributed by atoms with E-state index in [4.69, 9.17) is 0 Å². The Morgan fingerprint density at radius 2 is 2.00 bits per heavy atom. The van der Waals surface area contributed by atoms with Gasteiger partial charge in [-0.05, 0) is 25.0 Å². The van der Waals surface area contributed by atoms with Gasteiger partial charge in [0, 0.05) is 19.1 Å². The summed E-state index contributed by atoms with van der Waals surface area (Å²) in [5.41, 5.74) is 2.33. The largest absolute Gasteiger partial charge is 0.329 e. The third-order valence-corrected chi connectivity index (χ3v) is 3.92. The molecule has 0 unspecified atom stereocenters. The fourth-order valence-corrected chi connectivity index (χ4v) is 2.88. The molecule has 0 bridgehead atoms. The summed E-state index contributed by atoms with van der Waals surface area (Å²) in [4.78, 5) is 4.42. The highest BCUT2D eigenvalue weighted by molar-refractivity contribution is 5.74. The monoisotopic (exact) mass is 243 g/mol. The molecule has 1 aliphatic rings. The van der Waals surface area contributed by atoms with Crippen molar-refractivity contribution < 1.29 is 0 Å². The van der Waals surface area contributed by atoms with Gasteiger partial charge in [-0.2, -0.15) is 0 Å². The van der Waals surface area contributed by atoms with Crippen molar-refractivity contribution in [3.05, 3.63) is 30.6 Å². The lowest BCUT2D eigenvalue weighted by Crippen LogP contribution is -2.33. The number of hydrogen-bond donors (Lipinski definition) is 1. The van der Waals surface area contributed by atoms with Crippen LogP contribution in [-0.2, 0) is 6.54 Å². The lowest BCUT2D eigenvalue weighted by atomic mass is 9.95. The summed E-state index contributed by atoms with van der Waals surface area (Å²) in [6, 6.07) is 9.08. The maximum atomic E-state index is 4.42. The number of fused-ring (bicyclic) bond motifs is 1. The van der Waals surface area contributed by atoms with Gasteiger partial charge in [0.2, 0.25) is 0 Å². The van der Waals surface area contributed by atoms with Gasteiger partial charge in [0.25, 0.3) is 0 Å². The van der Waals surface area contributed by atoms with Crippen LogP contribution in [0.2, 0.25) is 0 Å². The summed E-state index contributed by atoms with van der Waals surface area (Å²) in [5.74, 6) is 0. The van der Waals surface area contributed by atoms with E-state index in [1.54, 1.807) is 0 Å². The fraction of sp³-hybridized carbons (Fsp3) is 0.533. The fourth-order valence-electron chi connectivity index (χ4n) is 2.88. The molecule has 2 aromatic rings. The van der Waals surface area contributed by atoms with Gasteiger partial charge in [0.05, 0.1) is 17.4 Å². The van der Waals surface area contributed by atoms with E-state index in [0.717, 1.165) is 24.6 Å². The highest BCUT2D eigenvalue weighted by Crippen LogP contribution is 2.17. The Labute approximate surface area is 108 Å². The number of rotatable bonds is 4. The average Bonchev–Trinajstić information content (AvgIpc) is 2.84. The SMILES string of the molecule is c1ccc2c(c1)ncn2CCNC1CCCCC1. The Morgan fingerprint density at radius 3 is 2.89 bits per heavy atom. The Morgan fingerprint density at radius 1 is 1.17 bits per heavy atom. The molecule has 96 valence electrons. The van der Waals surface area contributed by atoms with Crippen molar-refractivity contribution >= 4 is 11.0 Å². The molecule has 0 radical (unpaired) electrons. The molecule has 1 N–H and O–H groups in total. The number of nitrogens with zero attached hydrogens (tertiary/aromatic N) is 2. The van der Waals surface area contributed by atoms with E-state index in [1.165, 1.54) is 37.6 Å². The summed E-state index contributed by atoms with van der Waals surface area (Å²) in [7, 11) is 0. The quantitative estimate of drug-likeness (QED) is 0.894. The number of nitrogens with one attached hydrogen (secondary N) is 1. The Bertz CT molecular complexity index is 497. The first-order chi connectivity index (χ1) is 8.93. The summed E-state index contributed by atoms with van der Waals surface area (Å²) in [6.07, 6.45) is 8.87. The van der Waals surface area contributed by atoms with E-state index in [-0.39, 0.29) is 0 Å². The first-order valence-electron chi connectivity index (χ1n) is 7.07. The normalized spacial score (nSPS) is 17.3. The van der Waals surface area contributed by atoms with Gasteiger partial charge in [-0.1, -0.05) is 31.4 Å². The second kappa shape index (κ2) is 5.53. The molecule has 0 saturated heterocycles. The molecule has 3 heteroatoms. The van der Waals surface area contributed by atoms with E-state index in [2.05, 4.69) is 33.1 Å². The molecular weight excluding hydrogens is 222 g/mol. The molecule has 0 aliphatic heterocycles. The van der Waals surface area contributed by atoms with Crippen LogP contribution in [0.1, 0.15) is 32.1 Å². The predicted octanol–water partition coefficient (Wildman–Crippen LogP) is 2.96. The topological polar surface area (TPSA) is 29.9 Å². The van der Waals surface area contributed by atoms with Crippen LogP contribution in [0.4, 0.5) is 0 Å². The first-order valence-corrected chi connectivity index (χ1v) is 7.07. The van der Waals surface area contributed by atoms with Crippen LogP contribution in [-0.4, -0.2) is 22.1 Å². The second-order valence-electron chi connectivity index (χ2n) is 5.22. The molecule has 3 nitrogen and oxygen atoms in total. The van der Waals surface area contributed by atoms with Crippen LogP contribution in [0.3, 0.4) is 0 Å². The van der Waals surface area contributed by atoms with Gasteiger partial charge in [0.15, 0.2) is 0 Å². The molecule has 0 amide bonds. The van der Waals surface area contributed by atoms with Crippen LogP contribution >= 0.6 is 0 Å². The number of benzene rings is 1. The number of hydrogen-bond acceptors (Lipinski definition) is 2. The highest BCUT2D eigenvalue weighted by atomic mass is 15.1. The number of imidazole rings is 1. The Balaban J connectivity index is 1.56. The summed E-state index contributed by atoms with van der Waals surface area (Å²) >= 11 is 0. The number of aromatic nitrogens is 2. The van der Waals surface area contributed by atoms with Crippen molar-refractivity contribution in [2.75, 3.05) is 6.54 Å². The maximum Gasteiger partial charge on any atom is 0.0958 e. The van der Waals surface area contributed by atoms with Crippen molar-refractivity contribution in [1.82, 2.24) is 14.9 Å². The Kier molecular flexibility index (Phi) is 3.60. The molecule has 1 heterocycles. The van der Waals surface area contributed by atoms with Crippen LogP contribution < -0.4 is 5.32 Å². The molecule has 1 aromatic heterocycles. The second-order valence-corrected chi connectivity index (χ2v) is 5.22. The lowest BCUT2D eigenvalue weighted by Gasteiger charge is -2.22. The van der Waals surface area contributed by atoms with Crippen molar-refractivity contribution in [3.63, 3.8) is 0 Å². The molecule has 1 saturated carbocycles. The minimum Gasteiger partial charge on any atom is -0.329 e. The summed E-state index contributed by atoms with van der Waals surface area (Å²) < 4.78 is 2.24. The third-order valence-electron chi connectivity index (χ3n) is 3.92. The first kappa shape index (κ1) is 11.7. The van der Waals surface area contributed by atoms with Crippen molar-refractivity contribution in [2.24, 2.45) is 0 Å². The standard InChI is InChI=1S/C15H21N3/c1-2-6-13(7-3-1)16-10-11-18-12-17-14-8-4-5-9-15(14)18/h4-5,8-9,12-13,16H,1-3,6-7,10-11H2. The Hall–Kier alpha value is -1.35. The molecule has 1 fully saturated rings. The maximum absolute atomic E-state index is 4.42. The lowest BCUT2D eigenvalue weighted by molar-refractivity contribution is 0.368. The zero-order chi connectivity index (χ0) is 12.2. The molecule has 1 aliphatic carbocycles. The van der Waals surface area contributed by atoms with E-state index in [9.17, 15) is 0 Å². The smallest absolute Gasteiger partial charge is 0.0958 e.